The molecular formula is C15H26N4. The van der Waals surface area contributed by atoms with Crippen LogP contribution in [0.1, 0.15) is 38.6 Å². The zero-order chi connectivity index (χ0) is 13.8. The maximum absolute atomic E-state index is 4.47. The fourth-order valence-corrected chi connectivity index (χ4v) is 2.54. The van der Waals surface area contributed by atoms with Crippen LogP contribution >= 0.6 is 0 Å². The Kier molecular flexibility index (Phi) is 4.88. The molecule has 4 nitrogen and oxygen atoms in total. The number of aromatic nitrogens is 2. The van der Waals surface area contributed by atoms with Crippen LogP contribution in [0.5, 0.6) is 0 Å². The molecule has 2 rings (SSSR count). The van der Waals surface area contributed by atoms with Gasteiger partial charge in [-0.3, -0.25) is 14.9 Å². The van der Waals surface area contributed by atoms with E-state index in [1.807, 2.05) is 19.3 Å². The Morgan fingerprint density at radius 3 is 2.84 bits per heavy atom. The highest BCUT2D eigenvalue weighted by atomic mass is 15.2. The predicted octanol–water partition coefficient (Wildman–Crippen LogP) is 1.99. The second kappa shape index (κ2) is 6.44. The third-order valence-electron chi connectivity index (χ3n) is 4.26. The summed E-state index contributed by atoms with van der Waals surface area (Å²) in [5.74, 6) is 0.721. The molecule has 4 heteroatoms. The van der Waals surface area contributed by atoms with Crippen molar-refractivity contribution in [2.24, 2.45) is 5.92 Å². The molecule has 0 bridgehead atoms. The quantitative estimate of drug-likeness (QED) is 0.901. The SMILES string of the molecule is CCC(C)C1CN(Cc2cnc(C)cn2)C(C)CN1. The topological polar surface area (TPSA) is 41.1 Å². The van der Waals surface area contributed by atoms with Gasteiger partial charge in [-0.25, -0.2) is 0 Å². The molecule has 1 aromatic rings. The zero-order valence-corrected chi connectivity index (χ0v) is 12.6. The van der Waals surface area contributed by atoms with Gasteiger partial charge in [0.05, 0.1) is 11.4 Å². The molecule has 0 amide bonds. The minimum absolute atomic E-state index is 0.559. The molecule has 1 aromatic heterocycles. The maximum Gasteiger partial charge on any atom is 0.0727 e. The van der Waals surface area contributed by atoms with Crippen LogP contribution in [0.4, 0.5) is 0 Å². The normalized spacial score (nSPS) is 26.3. The Hall–Kier alpha value is -1.00. The van der Waals surface area contributed by atoms with Gasteiger partial charge in [0.15, 0.2) is 0 Å². The molecule has 1 aliphatic heterocycles. The molecule has 106 valence electrons. The number of nitrogens with one attached hydrogen (secondary N) is 1. The van der Waals surface area contributed by atoms with Crippen LogP contribution in [0, 0.1) is 12.8 Å². The van der Waals surface area contributed by atoms with Crippen molar-refractivity contribution in [2.45, 2.75) is 52.7 Å². The summed E-state index contributed by atoms with van der Waals surface area (Å²) in [4.78, 5) is 11.3. The first-order valence-corrected chi connectivity index (χ1v) is 7.35. The lowest BCUT2D eigenvalue weighted by Crippen LogP contribution is -2.57. The molecule has 0 radical (unpaired) electrons. The smallest absolute Gasteiger partial charge is 0.0727 e. The van der Waals surface area contributed by atoms with E-state index in [4.69, 9.17) is 0 Å². The second-order valence-electron chi connectivity index (χ2n) is 5.83. The van der Waals surface area contributed by atoms with Gasteiger partial charge in [-0.2, -0.15) is 0 Å². The Morgan fingerprint density at radius 1 is 1.42 bits per heavy atom. The van der Waals surface area contributed by atoms with E-state index >= 15 is 0 Å². The van der Waals surface area contributed by atoms with Crippen molar-refractivity contribution >= 4 is 0 Å². The number of aryl methyl sites for hydroxylation is 1. The molecule has 0 spiro atoms. The number of nitrogens with zero attached hydrogens (tertiary/aromatic N) is 3. The van der Waals surface area contributed by atoms with Crippen LogP contribution in [0.3, 0.4) is 0 Å². The maximum atomic E-state index is 4.47. The fraction of sp³-hybridized carbons (Fsp3) is 0.733. The highest BCUT2D eigenvalue weighted by molar-refractivity contribution is 5.01. The monoisotopic (exact) mass is 262 g/mol. The van der Waals surface area contributed by atoms with Crippen molar-refractivity contribution < 1.29 is 0 Å². The van der Waals surface area contributed by atoms with Gasteiger partial charge in [0.25, 0.3) is 0 Å². The molecule has 0 saturated carbocycles. The van der Waals surface area contributed by atoms with Gasteiger partial charge < -0.3 is 5.32 Å². The van der Waals surface area contributed by atoms with E-state index in [0.717, 1.165) is 36.9 Å². The van der Waals surface area contributed by atoms with E-state index in [1.165, 1.54) is 6.42 Å². The van der Waals surface area contributed by atoms with Crippen LogP contribution in [0.15, 0.2) is 12.4 Å². The van der Waals surface area contributed by atoms with E-state index in [2.05, 4.69) is 41.0 Å². The van der Waals surface area contributed by atoms with Gasteiger partial charge >= 0.3 is 0 Å². The van der Waals surface area contributed by atoms with Gasteiger partial charge in [-0.15, -0.1) is 0 Å². The van der Waals surface area contributed by atoms with Gasteiger partial charge in [-0.1, -0.05) is 20.3 Å². The van der Waals surface area contributed by atoms with Crippen molar-refractivity contribution in [3.05, 3.63) is 23.8 Å². The molecule has 2 heterocycles. The molecule has 19 heavy (non-hydrogen) atoms. The van der Waals surface area contributed by atoms with Crippen LogP contribution in [0.2, 0.25) is 0 Å². The van der Waals surface area contributed by atoms with E-state index in [0.29, 0.717) is 12.1 Å². The Balaban J connectivity index is 1.99. The number of piperazine rings is 1. The van der Waals surface area contributed by atoms with Crippen LogP contribution in [0.25, 0.3) is 0 Å². The Labute approximate surface area is 116 Å². The van der Waals surface area contributed by atoms with Gasteiger partial charge in [0, 0.05) is 44.1 Å². The summed E-state index contributed by atoms with van der Waals surface area (Å²) in [6, 6.07) is 1.16. The number of hydrogen-bond acceptors (Lipinski definition) is 4. The summed E-state index contributed by atoms with van der Waals surface area (Å²) in [7, 11) is 0. The first kappa shape index (κ1) is 14.4. The lowest BCUT2D eigenvalue weighted by Gasteiger charge is -2.40. The molecule has 1 N–H and O–H groups in total. The molecule has 0 aromatic carbocycles. The Morgan fingerprint density at radius 2 is 2.21 bits per heavy atom. The summed E-state index contributed by atoms with van der Waals surface area (Å²) >= 11 is 0. The van der Waals surface area contributed by atoms with Crippen molar-refractivity contribution in [3.63, 3.8) is 0 Å². The van der Waals surface area contributed by atoms with Crippen molar-refractivity contribution in [2.75, 3.05) is 13.1 Å². The summed E-state index contributed by atoms with van der Waals surface area (Å²) in [5, 5.41) is 3.67. The van der Waals surface area contributed by atoms with E-state index in [1.54, 1.807) is 0 Å². The Bertz CT molecular complexity index is 390. The highest BCUT2D eigenvalue weighted by Crippen LogP contribution is 2.17. The first-order valence-electron chi connectivity index (χ1n) is 7.35. The standard InChI is InChI=1S/C15H26N4/c1-5-11(2)15-10-19(13(4)7-18-15)9-14-8-16-12(3)6-17-14/h6,8,11,13,15,18H,5,7,9-10H2,1-4H3. The lowest BCUT2D eigenvalue weighted by atomic mass is 9.95. The lowest BCUT2D eigenvalue weighted by molar-refractivity contribution is 0.110. The van der Waals surface area contributed by atoms with Crippen molar-refractivity contribution in [1.29, 1.82) is 0 Å². The van der Waals surface area contributed by atoms with Crippen LogP contribution < -0.4 is 5.32 Å². The number of rotatable bonds is 4. The minimum Gasteiger partial charge on any atom is -0.311 e. The number of hydrogen-bond donors (Lipinski definition) is 1. The van der Waals surface area contributed by atoms with Crippen molar-refractivity contribution in [3.8, 4) is 0 Å². The van der Waals surface area contributed by atoms with Crippen molar-refractivity contribution in [1.82, 2.24) is 20.2 Å². The largest absolute Gasteiger partial charge is 0.311 e. The van der Waals surface area contributed by atoms with E-state index in [-0.39, 0.29) is 0 Å². The molecule has 0 aliphatic carbocycles. The summed E-state index contributed by atoms with van der Waals surface area (Å²) in [6.45, 7) is 11.9. The average Bonchev–Trinajstić information content (AvgIpc) is 2.43. The van der Waals surface area contributed by atoms with E-state index in [9.17, 15) is 0 Å². The predicted molar refractivity (Wildman–Crippen MR) is 77.9 cm³/mol. The molecule has 1 saturated heterocycles. The van der Waals surface area contributed by atoms with Gasteiger partial charge in [0.2, 0.25) is 0 Å². The molecular weight excluding hydrogens is 236 g/mol. The van der Waals surface area contributed by atoms with Crippen LogP contribution in [-0.4, -0.2) is 40.0 Å². The highest BCUT2D eigenvalue weighted by Gasteiger charge is 2.27. The second-order valence-corrected chi connectivity index (χ2v) is 5.83. The average molecular weight is 262 g/mol. The molecule has 3 unspecified atom stereocenters. The third kappa shape index (κ3) is 3.74. The molecule has 1 fully saturated rings. The van der Waals surface area contributed by atoms with Crippen LogP contribution in [-0.2, 0) is 6.54 Å². The summed E-state index contributed by atoms with van der Waals surface area (Å²) in [6.07, 6.45) is 4.99. The molecule has 1 aliphatic rings. The van der Waals surface area contributed by atoms with E-state index < -0.39 is 0 Å². The van der Waals surface area contributed by atoms with Gasteiger partial charge in [0.1, 0.15) is 0 Å². The summed E-state index contributed by atoms with van der Waals surface area (Å²) in [5.41, 5.74) is 2.05. The zero-order valence-electron chi connectivity index (χ0n) is 12.6. The minimum atomic E-state index is 0.559. The third-order valence-corrected chi connectivity index (χ3v) is 4.26. The van der Waals surface area contributed by atoms with Gasteiger partial charge in [-0.05, 0) is 19.8 Å². The fourth-order valence-electron chi connectivity index (χ4n) is 2.54. The first-order chi connectivity index (χ1) is 9.10. The molecule has 3 atom stereocenters. The summed E-state index contributed by atoms with van der Waals surface area (Å²) < 4.78 is 0.